The molecule has 4 rings (SSSR count). The highest BCUT2D eigenvalue weighted by Crippen LogP contribution is 2.25. The molecule has 4 heteroatoms. The first kappa shape index (κ1) is 16.0. The van der Waals surface area contributed by atoms with Gasteiger partial charge in [0.1, 0.15) is 0 Å². The topological polar surface area (TPSA) is 42.0 Å². The number of thiazole rings is 1. The van der Waals surface area contributed by atoms with Crippen molar-refractivity contribution in [3.63, 3.8) is 0 Å². The van der Waals surface area contributed by atoms with Crippen molar-refractivity contribution in [2.45, 2.75) is 32.6 Å². The van der Waals surface area contributed by atoms with Gasteiger partial charge in [-0.05, 0) is 55.0 Å². The molecule has 0 fully saturated rings. The van der Waals surface area contributed by atoms with E-state index >= 15 is 0 Å². The molecule has 3 aromatic rings. The molecule has 0 spiro atoms. The van der Waals surface area contributed by atoms with E-state index in [9.17, 15) is 4.79 Å². The number of carbonyl (C=O) groups excluding carboxylic acids is 1. The van der Waals surface area contributed by atoms with Crippen molar-refractivity contribution in [3.8, 4) is 11.3 Å². The highest BCUT2D eigenvalue weighted by molar-refractivity contribution is 7.09. The van der Waals surface area contributed by atoms with E-state index in [4.69, 9.17) is 0 Å². The fraction of sp³-hybridized carbons (Fsp3) is 0.238. The summed E-state index contributed by atoms with van der Waals surface area (Å²) in [6.45, 7) is 2.00. The van der Waals surface area contributed by atoms with Gasteiger partial charge in [-0.2, -0.15) is 0 Å². The van der Waals surface area contributed by atoms with Crippen LogP contribution in [0.3, 0.4) is 0 Å². The van der Waals surface area contributed by atoms with E-state index in [0.717, 1.165) is 33.9 Å². The van der Waals surface area contributed by atoms with Crippen molar-refractivity contribution < 1.29 is 4.79 Å². The summed E-state index contributed by atoms with van der Waals surface area (Å²) < 4.78 is 0. The van der Waals surface area contributed by atoms with Gasteiger partial charge < -0.3 is 5.32 Å². The number of carbonyl (C=O) groups is 1. The van der Waals surface area contributed by atoms with E-state index in [1.807, 2.05) is 36.6 Å². The Hall–Kier alpha value is -2.46. The Balaban J connectivity index is 1.46. The first-order valence-electron chi connectivity index (χ1n) is 8.60. The first-order valence-corrected chi connectivity index (χ1v) is 9.48. The first-order chi connectivity index (χ1) is 12.2. The molecule has 0 saturated carbocycles. The molecule has 126 valence electrons. The minimum atomic E-state index is 0.0181. The van der Waals surface area contributed by atoms with Crippen molar-refractivity contribution in [1.29, 1.82) is 0 Å². The summed E-state index contributed by atoms with van der Waals surface area (Å²) in [5, 5.41) is 6.10. The van der Waals surface area contributed by atoms with Crippen molar-refractivity contribution >= 4 is 22.9 Å². The third-order valence-corrected chi connectivity index (χ3v) is 5.36. The summed E-state index contributed by atoms with van der Waals surface area (Å²) in [6, 6.07) is 14.3. The molecule has 3 nitrogen and oxygen atoms in total. The summed E-state index contributed by atoms with van der Waals surface area (Å²) in [5.74, 6) is 0.0181. The van der Waals surface area contributed by atoms with Gasteiger partial charge in [0, 0.05) is 16.6 Å². The lowest BCUT2D eigenvalue weighted by atomic mass is 10.0. The largest absolute Gasteiger partial charge is 0.326 e. The number of anilines is 1. The van der Waals surface area contributed by atoms with Crippen molar-refractivity contribution in [2.24, 2.45) is 0 Å². The third kappa shape index (κ3) is 3.64. The number of amides is 1. The highest BCUT2D eigenvalue weighted by atomic mass is 32.1. The quantitative estimate of drug-likeness (QED) is 0.737. The lowest BCUT2D eigenvalue weighted by Gasteiger charge is -2.08. The van der Waals surface area contributed by atoms with Gasteiger partial charge in [0.25, 0.3) is 0 Å². The monoisotopic (exact) mass is 348 g/mol. The highest BCUT2D eigenvalue weighted by Gasteiger charge is 2.12. The molecule has 2 aromatic carbocycles. The summed E-state index contributed by atoms with van der Waals surface area (Å²) in [6.07, 6.45) is 3.95. The van der Waals surface area contributed by atoms with Gasteiger partial charge in [0.2, 0.25) is 5.91 Å². The van der Waals surface area contributed by atoms with E-state index in [1.165, 1.54) is 24.0 Å². The molecule has 1 heterocycles. The average Bonchev–Trinajstić information content (AvgIpc) is 3.23. The lowest BCUT2D eigenvalue weighted by molar-refractivity contribution is -0.115. The maximum absolute atomic E-state index is 12.4. The molecule has 0 atom stereocenters. The molecule has 1 amide bonds. The van der Waals surface area contributed by atoms with Crippen molar-refractivity contribution in [3.05, 3.63) is 69.5 Å². The number of nitrogens with zero attached hydrogens (tertiary/aromatic N) is 1. The van der Waals surface area contributed by atoms with Crippen LogP contribution >= 0.6 is 11.3 Å². The third-order valence-electron chi connectivity index (χ3n) is 4.59. The second-order valence-corrected chi connectivity index (χ2v) is 7.58. The van der Waals surface area contributed by atoms with Crippen LogP contribution in [0.25, 0.3) is 11.3 Å². The van der Waals surface area contributed by atoms with Crippen LogP contribution < -0.4 is 5.32 Å². The molecule has 0 aliphatic heterocycles. The van der Waals surface area contributed by atoms with Crippen LogP contribution in [0.5, 0.6) is 0 Å². The molecule has 0 saturated heterocycles. The van der Waals surface area contributed by atoms with Gasteiger partial charge in [-0.1, -0.05) is 30.3 Å². The van der Waals surface area contributed by atoms with Gasteiger partial charge >= 0.3 is 0 Å². The summed E-state index contributed by atoms with van der Waals surface area (Å²) in [4.78, 5) is 16.9. The minimum Gasteiger partial charge on any atom is -0.326 e. The van der Waals surface area contributed by atoms with Crippen LogP contribution in [0.1, 0.15) is 28.1 Å². The smallest absolute Gasteiger partial charge is 0.228 e. The van der Waals surface area contributed by atoms with Crippen LogP contribution in [-0.4, -0.2) is 10.9 Å². The predicted octanol–water partition coefficient (Wildman–Crippen LogP) is 4.79. The van der Waals surface area contributed by atoms with Crippen molar-refractivity contribution in [1.82, 2.24) is 4.98 Å². The Morgan fingerprint density at radius 3 is 2.88 bits per heavy atom. The normalized spacial score (nSPS) is 12.8. The molecule has 1 aromatic heterocycles. The Kier molecular flexibility index (Phi) is 4.36. The molecule has 0 bridgehead atoms. The van der Waals surface area contributed by atoms with Crippen molar-refractivity contribution in [2.75, 3.05) is 5.32 Å². The van der Waals surface area contributed by atoms with Crippen LogP contribution in [0.2, 0.25) is 0 Å². The van der Waals surface area contributed by atoms with Gasteiger partial charge in [-0.3, -0.25) is 4.79 Å². The number of aryl methyl sites for hydroxylation is 3. The van der Waals surface area contributed by atoms with Gasteiger partial charge in [0.05, 0.1) is 17.1 Å². The van der Waals surface area contributed by atoms with E-state index in [2.05, 4.69) is 28.5 Å². The van der Waals surface area contributed by atoms with Gasteiger partial charge in [-0.15, -0.1) is 11.3 Å². The molecule has 1 aliphatic rings. The van der Waals surface area contributed by atoms with Gasteiger partial charge in [0.15, 0.2) is 0 Å². The number of hydrogen-bond donors (Lipinski definition) is 1. The Morgan fingerprint density at radius 1 is 1.16 bits per heavy atom. The molecule has 0 radical (unpaired) electrons. The summed E-state index contributed by atoms with van der Waals surface area (Å²) >= 11 is 1.63. The number of rotatable bonds is 4. The van der Waals surface area contributed by atoms with E-state index in [-0.39, 0.29) is 5.91 Å². The number of benzene rings is 2. The maximum atomic E-state index is 12.4. The Morgan fingerprint density at radius 2 is 2.04 bits per heavy atom. The van der Waals surface area contributed by atoms with Crippen LogP contribution in [-0.2, 0) is 24.1 Å². The van der Waals surface area contributed by atoms with E-state index < -0.39 is 0 Å². The zero-order valence-corrected chi connectivity index (χ0v) is 15.0. The fourth-order valence-electron chi connectivity index (χ4n) is 3.38. The predicted molar refractivity (Wildman–Crippen MR) is 103 cm³/mol. The Bertz CT molecular complexity index is 929. The zero-order chi connectivity index (χ0) is 17.2. The minimum absolute atomic E-state index is 0.0181. The molecule has 1 N–H and O–H groups in total. The van der Waals surface area contributed by atoms with E-state index in [0.29, 0.717) is 6.42 Å². The fourth-order valence-corrected chi connectivity index (χ4v) is 4.00. The summed E-state index contributed by atoms with van der Waals surface area (Å²) in [5.41, 5.74) is 6.73. The maximum Gasteiger partial charge on any atom is 0.228 e. The van der Waals surface area contributed by atoms with Gasteiger partial charge in [-0.25, -0.2) is 4.98 Å². The number of fused-ring (bicyclic) bond motifs is 1. The standard InChI is InChI=1S/C21H20N2OS/c1-14-22-20(13-25-14)18-6-3-7-19(12-18)23-21(24)11-15-8-9-16-4-2-5-17(16)10-15/h3,6-10,12-13H,2,4-5,11H2,1H3,(H,23,24). The Labute approximate surface area is 151 Å². The molecular weight excluding hydrogens is 328 g/mol. The zero-order valence-electron chi connectivity index (χ0n) is 14.2. The average molecular weight is 348 g/mol. The molecular formula is C21H20N2OS. The van der Waals surface area contributed by atoms with Crippen LogP contribution in [0.4, 0.5) is 5.69 Å². The lowest BCUT2D eigenvalue weighted by Crippen LogP contribution is -2.14. The molecule has 25 heavy (non-hydrogen) atoms. The number of hydrogen-bond acceptors (Lipinski definition) is 3. The van der Waals surface area contributed by atoms with Crippen LogP contribution in [0.15, 0.2) is 47.8 Å². The second-order valence-electron chi connectivity index (χ2n) is 6.51. The molecule has 0 unspecified atom stereocenters. The number of aromatic nitrogens is 1. The number of nitrogens with one attached hydrogen (secondary N) is 1. The van der Waals surface area contributed by atoms with Crippen LogP contribution in [0, 0.1) is 6.92 Å². The SMILES string of the molecule is Cc1nc(-c2cccc(NC(=O)Cc3ccc4c(c3)CCC4)c2)cs1. The molecule has 1 aliphatic carbocycles. The second kappa shape index (κ2) is 6.81. The van der Waals surface area contributed by atoms with E-state index in [1.54, 1.807) is 11.3 Å². The summed E-state index contributed by atoms with van der Waals surface area (Å²) in [7, 11) is 0.